The lowest BCUT2D eigenvalue weighted by Gasteiger charge is -2.31. The molecule has 0 spiro atoms. The number of alkyl halides is 2. The van der Waals surface area contributed by atoms with Crippen molar-refractivity contribution in [2.24, 2.45) is 0 Å². The quantitative estimate of drug-likeness (QED) is 0.587. The molecule has 33 heavy (non-hydrogen) atoms. The molecule has 1 saturated carbocycles. The maximum Gasteiger partial charge on any atom is 0.387 e. The molecule has 1 aromatic carbocycles. The van der Waals surface area contributed by atoms with Gasteiger partial charge in [0, 0.05) is 30.5 Å². The van der Waals surface area contributed by atoms with Crippen LogP contribution in [0.25, 0.3) is 5.52 Å². The fourth-order valence-electron chi connectivity index (χ4n) is 4.66. The van der Waals surface area contributed by atoms with Crippen LogP contribution in [0.15, 0.2) is 42.7 Å². The van der Waals surface area contributed by atoms with Crippen molar-refractivity contribution in [2.75, 3.05) is 11.4 Å². The number of hydrogen-bond acceptors (Lipinski definition) is 5. The van der Waals surface area contributed by atoms with Crippen molar-refractivity contribution in [2.45, 2.75) is 50.5 Å². The van der Waals surface area contributed by atoms with E-state index in [4.69, 9.17) is 0 Å². The van der Waals surface area contributed by atoms with Crippen molar-refractivity contribution in [3.8, 4) is 5.75 Å². The van der Waals surface area contributed by atoms with Crippen molar-refractivity contribution >= 4 is 17.1 Å². The molecule has 2 fully saturated rings. The van der Waals surface area contributed by atoms with Crippen LogP contribution < -0.4 is 15.0 Å². The molecule has 1 atom stereocenters. The van der Waals surface area contributed by atoms with E-state index in [1.807, 2.05) is 12.1 Å². The van der Waals surface area contributed by atoms with Gasteiger partial charge in [-0.15, -0.1) is 0 Å². The highest BCUT2D eigenvalue weighted by atomic mass is 19.3. The molecule has 174 valence electrons. The summed E-state index contributed by atoms with van der Waals surface area (Å²) in [6, 6.07) is 7.17. The second-order valence-corrected chi connectivity index (χ2v) is 8.52. The Bertz CT molecular complexity index is 1180. The predicted octanol–water partition coefficient (Wildman–Crippen LogP) is 3.67. The first-order valence-corrected chi connectivity index (χ1v) is 10.9. The highest BCUT2D eigenvalue weighted by molar-refractivity contribution is 6.01. The van der Waals surface area contributed by atoms with Crippen LogP contribution in [0.1, 0.15) is 47.6 Å². The lowest BCUT2D eigenvalue weighted by molar-refractivity contribution is -0.0500. The Morgan fingerprint density at radius 3 is 2.82 bits per heavy atom. The molecule has 2 aliphatic rings. The number of carbonyl (C=O) groups excluding carboxylic acids is 1. The first-order chi connectivity index (χ1) is 15.9. The fourth-order valence-corrected chi connectivity index (χ4v) is 4.66. The van der Waals surface area contributed by atoms with Gasteiger partial charge >= 0.3 is 6.61 Å². The largest absolute Gasteiger partial charge is 0.435 e. The lowest BCUT2D eigenvalue weighted by atomic mass is 9.89. The Hall–Kier alpha value is -3.27. The van der Waals surface area contributed by atoms with Gasteiger partial charge in [-0.25, -0.2) is 8.91 Å². The Kier molecular flexibility index (Phi) is 5.61. The van der Waals surface area contributed by atoms with Gasteiger partial charge in [-0.3, -0.25) is 4.79 Å². The summed E-state index contributed by atoms with van der Waals surface area (Å²) in [6.07, 6.45) is 5.53. The number of aromatic nitrogens is 2. The average Bonchev–Trinajstić information content (AvgIpc) is 3.38. The predicted molar refractivity (Wildman–Crippen MR) is 114 cm³/mol. The summed E-state index contributed by atoms with van der Waals surface area (Å²) >= 11 is 0. The molecule has 5 rings (SSSR count). The number of aliphatic hydroxyl groups is 1. The van der Waals surface area contributed by atoms with Gasteiger partial charge in [0.2, 0.25) is 0 Å². The maximum atomic E-state index is 14.1. The lowest BCUT2D eigenvalue weighted by Crippen LogP contribution is -2.46. The van der Waals surface area contributed by atoms with Crippen LogP contribution in [0, 0.1) is 5.82 Å². The minimum atomic E-state index is -3.03. The number of pyridine rings is 1. The van der Waals surface area contributed by atoms with Gasteiger partial charge in [-0.05, 0) is 55.5 Å². The fraction of sp³-hybridized carbons (Fsp3) is 0.391. The molecule has 7 nitrogen and oxygen atoms in total. The first kappa shape index (κ1) is 21.6. The molecule has 3 heterocycles. The van der Waals surface area contributed by atoms with Gasteiger partial charge in [-0.1, -0.05) is 0 Å². The molecule has 2 N–H and O–H groups in total. The smallest absolute Gasteiger partial charge is 0.387 e. The Balaban J connectivity index is 1.42. The summed E-state index contributed by atoms with van der Waals surface area (Å²) in [6.45, 7) is -2.34. The molecule has 0 radical (unpaired) electrons. The summed E-state index contributed by atoms with van der Waals surface area (Å²) in [5.74, 6) is -1.10. The number of nitrogens with one attached hydrogen (secondary N) is 1. The average molecular weight is 460 g/mol. The van der Waals surface area contributed by atoms with Crippen LogP contribution in [0.5, 0.6) is 5.75 Å². The third kappa shape index (κ3) is 4.35. The summed E-state index contributed by atoms with van der Waals surface area (Å²) < 4.78 is 45.4. The van der Waals surface area contributed by atoms with Gasteiger partial charge in [-0.2, -0.15) is 13.9 Å². The van der Waals surface area contributed by atoms with E-state index in [0.717, 1.165) is 24.6 Å². The number of amides is 1. The van der Waals surface area contributed by atoms with Crippen molar-refractivity contribution in [3.63, 3.8) is 0 Å². The summed E-state index contributed by atoms with van der Waals surface area (Å²) in [5.41, 5.74) is 2.42. The van der Waals surface area contributed by atoms with Crippen LogP contribution in [-0.4, -0.2) is 45.9 Å². The molecule has 3 aromatic rings. The highest BCUT2D eigenvalue weighted by Crippen LogP contribution is 2.38. The van der Waals surface area contributed by atoms with Crippen molar-refractivity contribution in [1.82, 2.24) is 14.9 Å². The SMILES string of the molecule is O=C(NC1CC(O)C1)c1cnn2ccc(N3CCCC3c3cc(F)cc(OC(F)F)c3)cc12. The second kappa shape index (κ2) is 8.58. The molecule has 1 saturated heterocycles. The van der Waals surface area contributed by atoms with Gasteiger partial charge in [0.1, 0.15) is 11.6 Å². The molecule has 10 heteroatoms. The third-order valence-corrected chi connectivity index (χ3v) is 6.29. The molecule has 1 amide bonds. The summed E-state index contributed by atoms with van der Waals surface area (Å²) in [5, 5.41) is 16.6. The zero-order valence-electron chi connectivity index (χ0n) is 17.6. The summed E-state index contributed by atoms with van der Waals surface area (Å²) in [7, 11) is 0. The second-order valence-electron chi connectivity index (χ2n) is 8.52. The number of hydrogen-bond donors (Lipinski definition) is 2. The van der Waals surface area contributed by atoms with E-state index in [0.29, 0.717) is 36.0 Å². The normalized spacial score (nSPS) is 22.6. The molecule has 1 aliphatic heterocycles. The number of halogens is 3. The van der Waals surface area contributed by atoms with Gasteiger partial charge in [0.05, 0.1) is 29.4 Å². The Morgan fingerprint density at radius 2 is 2.06 bits per heavy atom. The number of aliphatic hydroxyl groups excluding tert-OH is 1. The van der Waals surface area contributed by atoms with E-state index in [1.165, 1.54) is 18.3 Å². The van der Waals surface area contributed by atoms with E-state index in [2.05, 4.69) is 20.1 Å². The number of benzene rings is 1. The maximum absolute atomic E-state index is 14.1. The summed E-state index contributed by atoms with van der Waals surface area (Å²) in [4.78, 5) is 14.8. The third-order valence-electron chi connectivity index (χ3n) is 6.29. The minimum Gasteiger partial charge on any atom is -0.435 e. The van der Waals surface area contributed by atoms with Gasteiger partial charge < -0.3 is 20.1 Å². The van der Waals surface area contributed by atoms with Gasteiger partial charge in [0.15, 0.2) is 0 Å². The molecule has 0 bridgehead atoms. The van der Waals surface area contributed by atoms with E-state index in [-0.39, 0.29) is 29.8 Å². The topological polar surface area (TPSA) is 79.1 Å². The molecular weight excluding hydrogens is 437 g/mol. The number of rotatable bonds is 6. The number of carbonyl (C=O) groups is 1. The van der Waals surface area contributed by atoms with Crippen LogP contribution in [-0.2, 0) is 0 Å². The highest BCUT2D eigenvalue weighted by Gasteiger charge is 2.30. The van der Waals surface area contributed by atoms with Crippen LogP contribution in [0.2, 0.25) is 0 Å². The van der Waals surface area contributed by atoms with Crippen molar-refractivity contribution < 1.29 is 27.8 Å². The van der Waals surface area contributed by atoms with Crippen molar-refractivity contribution in [1.29, 1.82) is 0 Å². The number of fused-ring (bicyclic) bond motifs is 1. The van der Waals surface area contributed by atoms with Crippen LogP contribution in [0.3, 0.4) is 0 Å². The van der Waals surface area contributed by atoms with E-state index < -0.39 is 12.4 Å². The zero-order chi connectivity index (χ0) is 23.1. The minimum absolute atomic E-state index is 0.0498. The Morgan fingerprint density at radius 1 is 1.24 bits per heavy atom. The van der Waals surface area contributed by atoms with Crippen molar-refractivity contribution in [3.05, 3.63) is 59.7 Å². The first-order valence-electron chi connectivity index (χ1n) is 10.9. The van der Waals surface area contributed by atoms with E-state index in [9.17, 15) is 23.1 Å². The van der Waals surface area contributed by atoms with E-state index >= 15 is 0 Å². The monoisotopic (exact) mass is 460 g/mol. The molecule has 1 aliphatic carbocycles. The molecule has 1 unspecified atom stereocenters. The molecular formula is C23H23F3N4O3. The van der Waals surface area contributed by atoms with Crippen LogP contribution in [0.4, 0.5) is 18.9 Å². The Labute approximate surface area is 187 Å². The number of ether oxygens (including phenoxy) is 1. The molecule has 2 aromatic heterocycles. The van der Waals surface area contributed by atoms with E-state index in [1.54, 1.807) is 10.7 Å². The number of anilines is 1. The number of nitrogens with zero attached hydrogens (tertiary/aromatic N) is 3. The van der Waals surface area contributed by atoms with Gasteiger partial charge in [0.25, 0.3) is 5.91 Å². The van der Waals surface area contributed by atoms with Crippen LogP contribution >= 0.6 is 0 Å². The zero-order valence-corrected chi connectivity index (χ0v) is 17.6. The standard InChI is InChI=1S/C23H23F3N4O3/c24-14-6-13(7-18(8-14)33-23(25)26)20-2-1-4-29(20)16-3-5-30-21(11-16)19(12-27-30)22(32)28-15-9-17(31)10-15/h3,5-8,11-12,15,17,20,23,31H,1-2,4,9-10H2,(H,28,32).